The van der Waals surface area contributed by atoms with Gasteiger partial charge in [-0.15, -0.1) is 0 Å². The van der Waals surface area contributed by atoms with Crippen LogP contribution in [0.25, 0.3) is 0 Å². The number of rotatable bonds is 3. The molecule has 1 aliphatic rings. The van der Waals surface area contributed by atoms with Gasteiger partial charge in [0.1, 0.15) is 5.75 Å². The van der Waals surface area contributed by atoms with Gasteiger partial charge in [-0.3, -0.25) is 4.79 Å². The second-order valence-corrected chi connectivity index (χ2v) is 6.05. The van der Waals surface area contributed by atoms with Crippen LogP contribution in [0.1, 0.15) is 43.5 Å². The maximum Gasteiger partial charge on any atom is 0.166 e. The Morgan fingerprint density at radius 2 is 2.17 bits per heavy atom. The van der Waals surface area contributed by atoms with Gasteiger partial charge in [-0.1, -0.05) is 31.9 Å². The minimum Gasteiger partial charge on any atom is -0.495 e. The summed E-state index contributed by atoms with van der Waals surface area (Å²) in [6.07, 6.45) is 3.24. The second kappa shape index (κ2) is 4.93. The lowest BCUT2D eigenvalue weighted by molar-refractivity contribution is 0.0839. The fourth-order valence-electron chi connectivity index (χ4n) is 2.83. The van der Waals surface area contributed by atoms with Crippen LogP contribution in [0.2, 0.25) is 5.02 Å². The van der Waals surface area contributed by atoms with Gasteiger partial charge in [-0.25, -0.2) is 0 Å². The van der Waals surface area contributed by atoms with E-state index in [1.807, 2.05) is 0 Å². The molecule has 1 aromatic rings. The van der Waals surface area contributed by atoms with Gasteiger partial charge < -0.3 is 4.74 Å². The number of methoxy groups -OCH3 is 1. The van der Waals surface area contributed by atoms with E-state index >= 15 is 0 Å². The summed E-state index contributed by atoms with van der Waals surface area (Å²) in [7, 11) is 1.56. The van der Waals surface area contributed by atoms with Crippen LogP contribution in [0.4, 0.5) is 0 Å². The molecule has 1 fully saturated rings. The zero-order chi connectivity index (χ0) is 13.3. The summed E-state index contributed by atoms with van der Waals surface area (Å²) in [6.45, 7) is 4.35. The molecule has 18 heavy (non-hydrogen) atoms. The molecule has 1 aliphatic carbocycles. The molecule has 2 rings (SSSR count). The maximum absolute atomic E-state index is 12.5. The molecule has 3 heteroatoms. The molecule has 0 aliphatic heterocycles. The molecule has 2 nitrogen and oxygen atoms in total. The van der Waals surface area contributed by atoms with Crippen molar-refractivity contribution < 1.29 is 9.53 Å². The first-order valence-electron chi connectivity index (χ1n) is 6.33. The fraction of sp³-hybridized carbons (Fsp3) is 0.533. The first kappa shape index (κ1) is 13.4. The predicted molar refractivity (Wildman–Crippen MR) is 73.5 cm³/mol. The summed E-state index contributed by atoms with van der Waals surface area (Å²) < 4.78 is 5.17. The highest BCUT2D eigenvalue weighted by molar-refractivity contribution is 6.32. The van der Waals surface area contributed by atoms with E-state index in [1.54, 1.807) is 25.3 Å². The molecule has 0 saturated heterocycles. The van der Waals surface area contributed by atoms with E-state index in [0.717, 1.165) is 19.3 Å². The van der Waals surface area contributed by atoms with Gasteiger partial charge in [-0.05, 0) is 36.5 Å². The topological polar surface area (TPSA) is 26.3 Å². The van der Waals surface area contributed by atoms with Crippen LogP contribution >= 0.6 is 11.6 Å². The Bertz CT molecular complexity index is 466. The third kappa shape index (κ3) is 2.39. The molecule has 0 heterocycles. The summed E-state index contributed by atoms with van der Waals surface area (Å²) >= 11 is 5.98. The maximum atomic E-state index is 12.5. The number of ether oxygens (including phenoxy) is 1. The summed E-state index contributed by atoms with van der Waals surface area (Å²) in [5, 5.41) is 0.541. The molecule has 1 aromatic carbocycles. The molecular weight excluding hydrogens is 248 g/mol. The van der Waals surface area contributed by atoms with Crippen LogP contribution in [0.5, 0.6) is 5.75 Å². The predicted octanol–water partition coefficient (Wildman–Crippen LogP) is 4.36. The molecule has 1 unspecified atom stereocenters. The number of ketones is 1. The molecule has 0 bridgehead atoms. The molecule has 98 valence electrons. The highest BCUT2D eigenvalue weighted by Crippen LogP contribution is 2.44. The Kier molecular flexibility index (Phi) is 3.67. The smallest absolute Gasteiger partial charge is 0.166 e. The Morgan fingerprint density at radius 1 is 1.44 bits per heavy atom. The number of hydrogen-bond acceptors (Lipinski definition) is 2. The molecule has 1 saturated carbocycles. The normalized spacial score (nSPS) is 21.9. The molecule has 0 amide bonds. The lowest BCUT2D eigenvalue weighted by atomic mass is 9.78. The van der Waals surface area contributed by atoms with Crippen molar-refractivity contribution in [2.45, 2.75) is 33.1 Å². The Morgan fingerprint density at radius 3 is 2.72 bits per heavy atom. The fourth-order valence-corrected chi connectivity index (χ4v) is 3.02. The SMILES string of the molecule is COc1cc(C(=O)C2CCCC2(C)C)ccc1Cl. The van der Waals surface area contributed by atoms with E-state index in [0.29, 0.717) is 16.3 Å². The van der Waals surface area contributed by atoms with E-state index in [4.69, 9.17) is 16.3 Å². The zero-order valence-corrected chi connectivity index (χ0v) is 11.9. The third-order valence-corrected chi connectivity index (χ3v) is 4.32. The Balaban J connectivity index is 2.29. The standard InChI is InChI=1S/C15H19ClO2/c1-15(2)8-4-5-11(15)14(17)10-6-7-12(16)13(9-10)18-3/h6-7,9,11H,4-5,8H2,1-3H3. The largest absolute Gasteiger partial charge is 0.495 e. The minimum absolute atomic E-state index is 0.101. The number of hydrogen-bond donors (Lipinski definition) is 0. The number of benzene rings is 1. The quantitative estimate of drug-likeness (QED) is 0.760. The van der Waals surface area contributed by atoms with Crippen LogP contribution in [0.3, 0.4) is 0 Å². The summed E-state index contributed by atoms with van der Waals surface area (Å²) in [5.74, 6) is 0.897. The van der Waals surface area contributed by atoms with Crippen molar-refractivity contribution in [2.24, 2.45) is 11.3 Å². The summed E-state index contributed by atoms with van der Waals surface area (Å²) in [4.78, 5) is 12.5. The highest BCUT2D eigenvalue weighted by Gasteiger charge is 2.39. The average molecular weight is 267 g/mol. The van der Waals surface area contributed by atoms with Crippen molar-refractivity contribution in [3.63, 3.8) is 0 Å². The number of carbonyl (C=O) groups excluding carboxylic acids is 1. The van der Waals surface area contributed by atoms with Crippen LogP contribution in [0, 0.1) is 11.3 Å². The number of Topliss-reactive ketones (excluding diaryl/α,β-unsaturated/α-hetero) is 1. The van der Waals surface area contributed by atoms with E-state index in [9.17, 15) is 4.79 Å². The van der Waals surface area contributed by atoms with Crippen LogP contribution in [0.15, 0.2) is 18.2 Å². The summed E-state index contributed by atoms with van der Waals surface area (Å²) in [6, 6.07) is 5.27. The van der Waals surface area contributed by atoms with E-state index in [1.165, 1.54) is 0 Å². The first-order chi connectivity index (χ1) is 8.45. The zero-order valence-electron chi connectivity index (χ0n) is 11.1. The van der Waals surface area contributed by atoms with Crippen molar-refractivity contribution in [1.29, 1.82) is 0 Å². The van der Waals surface area contributed by atoms with Gasteiger partial charge in [0.15, 0.2) is 5.78 Å². The van der Waals surface area contributed by atoms with Crippen LogP contribution < -0.4 is 4.74 Å². The minimum atomic E-state index is 0.101. The second-order valence-electron chi connectivity index (χ2n) is 5.65. The lowest BCUT2D eigenvalue weighted by Gasteiger charge is -2.25. The van der Waals surface area contributed by atoms with Crippen molar-refractivity contribution in [3.8, 4) is 5.75 Å². The highest BCUT2D eigenvalue weighted by atomic mass is 35.5. The van der Waals surface area contributed by atoms with Gasteiger partial charge in [0.05, 0.1) is 12.1 Å². The Hall–Kier alpha value is -1.02. The number of carbonyl (C=O) groups is 1. The van der Waals surface area contributed by atoms with Gasteiger partial charge >= 0.3 is 0 Å². The van der Waals surface area contributed by atoms with Crippen molar-refractivity contribution >= 4 is 17.4 Å². The average Bonchev–Trinajstić information content (AvgIpc) is 2.68. The van der Waals surface area contributed by atoms with Crippen LogP contribution in [-0.2, 0) is 0 Å². The monoisotopic (exact) mass is 266 g/mol. The van der Waals surface area contributed by atoms with Gasteiger partial charge in [0.2, 0.25) is 0 Å². The molecule has 0 aromatic heterocycles. The van der Waals surface area contributed by atoms with E-state index in [2.05, 4.69) is 13.8 Å². The van der Waals surface area contributed by atoms with E-state index in [-0.39, 0.29) is 17.1 Å². The molecule has 0 spiro atoms. The van der Waals surface area contributed by atoms with Gasteiger partial charge in [-0.2, -0.15) is 0 Å². The van der Waals surface area contributed by atoms with Crippen molar-refractivity contribution in [1.82, 2.24) is 0 Å². The molecular formula is C15H19ClO2. The lowest BCUT2D eigenvalue weighted by Crippen LogP contribution is -2.25. The third-order valence-electron chi connectivity index (χ3n) is 4.01. The summed E-state index contributed by atoms with van der Waals surface area (Å²) in [5.41, 5.74) is 0.806. The molecule has 0 N–H and O–H groups in total. The van der Waals surface area contributed by atoms with Gasteiger partial charge in [0, 0.05) is 11.5 Å². The number of halogens is 1. The van der Waals surface area contributed by atoms with Crippen molar-refractivity contribution in [2.75, 3.05) is 7.11 Å². The van der Waals surface area contributed by atoms with Crippen LogP contribution in [-0.4, -0.2) is 12.9 Å². The van der Waals surface area contributed by atoms with Crippen molar-refractivity contribution in [3.05, 3.63) is 28.8 Å². The first-order valence-corrected chi connectivity index (χ1v) is 6.71. The molecule has 0 radical (unpaired) electrons. The molecule has 1 atom stereocenters. The van der Waals surface area contributed by atoms with Gasteiger partial charge in [0.25, 0.3) is 0 Å². The Labute approximate surface area is 113 Å². The van der Waals surface area contributed by atoms with E-state index < -0.39 is 0 Å².